The maximum Gasteiger partial charge on any atom is 0.123 e. The average Bonchev–Trinajstić information content (AvgIpc) is 2.07. The lowest BCUT2D eigenvalue weighted by Crippen LogP contribution is -1.94. The van der Waals surface area contributed by atoms with Crippen LogP contribution in [0.25, 0.3) is 5.32 Å². The Bertz CT molecular complexity index is 258. The molecule has 0 atom stereocenters. The van der Waals surface area contributed by atoms with E-state index in [0.29, 0.717) is 0 Å². The first-order chi connectivity index (χ1) is 5.74. The minimum absolute atomic E-state index is 0.160. The van der Waals surface area contributed by atoms with Crippen LogP contribution in [0.1, 0.15) is 11.1 Å². The van der Waals surface area contributed by atoms with E-state index < -0.39 is 0 Å². The molecule has 0 saturated carbocycles. The number of nitrogens with zero attached hydrogens (tertiary/aromatic N) is 1. The summed E-state index contributed by atoms with van der Waals surface area (Å²) in [5, 5.41) is 3.98. The fourth-order valence-corrected chi connectivity index (χ4v) is 1.14. The molecule has 0 aliphatic carbocycles. The van der Waals surface area contributed by atoms with Crippen molar-refractivity contribution >= 4 is 0 Å². The van der Waals surface area contributed by atoms with Crippen molar-refractivity contribution in [3.05, 3.63) is 40.5 Å². The van der Waals surface area contributed by atoms with Crippen LogP contribution in [0, 0.1) is 12.7 Å². The zero-order valence-corrected chi connectivity index (χ0v) is 7.47. The van der Waals surface area contributed by atoms with E-state index in [1.54, 1.807) is 19.2 Å². The minimum Gasteiger partial charge on any atom is -0.665 e. The third-order valence-corrected chi connectivity index (χ3v) is 1.92. The van der Waals surface area contributed by atoms with Gasteiger partial charge in [0.25, 0.3) is 0 Å². The number of halogens is 1. The van der Waals surface area contributed by atoms with Gasteiger partial charge in [0.2, 0.25) is 0 Å². The SMILES string of the molecule is C[N-]CCc1cc(F)ccc1C. The van der Waals surface area contributed by atoms with Crippen LogP contribution in [0.5, 0.6) is 0 Å². The van der Waals surface area contributed by atoms with Gasteiger partial charge in [0.15, 0.2) is 0 Å². The Morgan fingerprint density at radius 1 is 1.42 bits per heavy atom. The van der Waals surface area contributed by atoms with Crippen molar-refractivity contribution < 1.29 is 4.39 Å². The van der Waals surface area contributed by atoms with Gasteiger partial charge in [-0.3, -0.25) is 0 Å². The fraction of sp³-hybridized carbons (Fsp3) is 0.400. The number of aryl methyl sites for hydroxylation is 1. The van der Waals surface area contributed by atoms with Gasteiger partial charge in [0.05, 0.1) is 0 Å². The van der Waals surface area contributed by atoms with Gasteiger partial charge in [0.1, 0.15) is 5.82 Å². The molecule has 0 amide bonds. The largest absolute Gasteiger partial charge is 0.665 e. The summed E-state index contributed by atoms with van der Waals surface area (Å²) < 4.78 is 12.7. The molecule has 0 spiro atoms. The summed E-state index contributed by atoms with van der Waals surface area (Å²) in [4.78, 5) is 0. The average molecular weight is 166 g/mol. The van der Waals surface area contributed by atoms with Crippen LogP contribution in [-0.4, -0.2) is 13.6 Å². The third kappa shape index (κ3) is 2.31. The summed E-state index contributed by atoms with van der Waals surface area (Å²) in [5.41, 5.74) is 2.20. The number of hydrogen-bond acceptors (Lipinski definition) is 0. The zero-order chi connectivity index (χ0) is 8.97. The Morgan fingerprint density at radius 3 is 2.83 bits per heavy atom. The second kappa shape index (κ2) is 4.21. The van der Waals surface area contributed by atoms with Gasteiger partial charge in [-0.05, 0) is 36.6 Å². The Labute approximate surface area is 72.6 Å². The lowest BCUT2D eigenvalue weighted by molar-refractivity contribution is 0.625. The van der Waals surface area contributed by atoms with Crippen molar-refractivity contribution in [1.29, 1.82) is 0 Å². The summed E-state index contributed by atoms with van der Waals surface area (Å²) in [6.07, 6.45) is 0.833. The van der Waals surface area contributed by atoms with Crippen LogP contribution in [0.2, 0.25) is 0 Å². The fourth-order valence-electron chi connectivity index (χ4n) is 1.14. The maximum atomic E-state index is 12.7. The van der Waals surface area contributed by atoms with Gasteiger partial charge in [-0.25, -0.2) is 4.39 Å². The normalized spacial score (nSPS) is 10.2. The van der Waals surface area contributed by atoms with Gasteiger partial charge in [-0.15, -0.1) is 6.54 Å². The predicted octanol–water partition coefficient (Wildman–Crippen LogP) is 2.68. The molecule has 12 heavy (non-hydrogen) atoms. The van der Waals surface area contributed by atoms with Crippen LogP contribution < -0.4 is 0 Å². The molecule has 0 radical (unpaired) electrons. The van der Waals surface area contributed by atoms with Crippen LogP contribution in [0.3, 0.4) is 0 Å². The van der Waals surface area contributed by atoms with Crippen molar-refractivity contribution in [3.8, 4) is 0 Å². The highest BCUT2D eigenvalue weighted by molar-refractivity contribution is 5.27. The Hall–Kier alpha value is -0.890. The first-order valence-corrected chi connectivity index (χ1v) is 4.04. The lowest BCUT2D eigenvalue weighted by atomic mass is 10.1. The van der Waals surface area contributed by atoms with E-state index in [0.717, 1.165) is 24.1 Å². The van der Waals surface area contributed by atoms with E-state index in [4.69, 9.17) is 0 Å². The number of rotatable bonds is 3. The minimum atomic E-state index is -0.160. The van der Waals surface area contributed by atoms with Gasteiger partial charge in [-0.1, -0.05) is 6.07 Å². The quantitative estimate of drug-likeness (QED) is 0.655. The molecule has 0 heterocycles. The van der Waals surface area contributed by atoms with Crippen molar-refractivity contribution in [3.63, 3.8) is 0 Å². The lowest BCUT2D eigenvalue weighted by Gasteiger charge is -2.12. The highest BCUT2D eigenvalue weighted by Crippen LogP contribution is 2.11. The van der Waals surface area contributed by atoms with E-state index in [2.05, 4.69) is 5.32 Å². The van der Waals surface area contributed by atoms with E-state index in [1.165, 1.54) is 6.07 Å². The molecule has 66 valence electrons. The molecule has 0 bridgehead atoms. The molecule has 0 aliphatic heterocycles. The van der Waals surface area contributed by atoms with E-state index in [-0.39, 0.29) is 5.82 Å². The van der Waals surface area contributed by atoms with Gasteiger partial charge in [-0.2, -0.15) is 7.05 Å². The zero-order valence-electron chi connectivity index (χ0n) is 7.47. The Morgan fingerprint density at radius 2 is 2.17 bits per heavy atom. The smallest absolute Gasteiger partial charge is 0.123 e. The summed E-state index contributed by atoms with van der Waals surface area (Å²) in [5.74, 6) is -0.160. The molecule has 0 aliphatic rings. The third-order valence-electron chi connectivity index (χ3n) is 1.92. The van der Waals surface area contributed by atoms with Crippen molar-refractivity contribution in [1.82, 2.24) is 0 Å². The predicted molar refractivity (Wildman–Crippen MR) is 49.0 cm³/mol. The molecule has 2 heteroatoms. The Kier molecular flexibility index (Phi) is 3.23. The topological polar surface area (TPSA) is 14.1 Å². The second-order valence-corrected chi connectivity index (χ2v) is 2.86. The second-order valence-electron chi connectivity index (χ2n) is 2.86. The number of likely N-dealkylation sites (N-methyl/N-ethyl adjacent to an activating group) is 1. The van der Waals surface area contributed by atoms with Crippen LogP contribution in [0.15, 0.2) is 18.2 Å². The summed E-state index contributed by atoms with van der Waals surface area (Å²) in [6.45, 7) is 2.76. The van der Waals surface area contributed by atoms with Crippen molar-refractivity contribution in [2.24, 2.45) is 0 Å². The molecule has 1 rings (SSSR count). The molecule has 0 saturated heterocycles. The first kappa shape index (κ1) is 9.20. The number of benzene rings is 1. The van der Waals surface area contributed by atoms with E-state index in [1.807, 2.05) is 6.92 Å². The first-order valence-electron chi connectivity index (χ1n) is 4.04. The molecule has 0 unspecified atom stereocenters. The monoisotopic (exact) mass is 166 g/mol. The summed E-state index contributed by atoms with van der Waals surface area (Å²) >= 11 is 0. The Balaban J connectivity index is 2.75. The standard InChI is InChI=1S/C10H13FN/c1-8-3-4-10(11)7-9(8)5-6-12-2/h3-4,7H,5-6H2,1-2H3/q-1. The molecule has 0 fully saturated rings. The highest BCUT2D eigenvalue weighted by Gasteiger charge is 1.96. The van der Waals surface area contributed by atoms with Crippen LogP contribution >= 0.6 is 0 Å². The molecular weight excluding hydrogens is 153 g/mol. The summed E-state index contributed by atoms with van der Waals surface area (Å²) in [7, 11) is 1.77. The molecule has 1 nitrogen and oxygen atoms in total. The highest BCUT2D eigenvalue weighted by atomic mass is 19.1. The van der Waals surface area contributed by atoms with E-state index in [9.17, 15) is 4.39 Å². The van der Waals surface area contributed by atoms with Gasteiger partial charge < -0.3 is 5.32 Å². The van der Waals surface area contributed by atoms with Crippen molar-refractivity contribution in [2.45, 2.75) is 13.3 Å². The van der Waals surface area contributed by atoms with Gasteiger partial charge >= 0.3 is 0 Å². The molecule has 1 aromatic carbocycles. The van der Waals surface area contributed by atoms with Crippen LogP contribution in [-0.2, 0) is 6.42 Å². The molecule has 0 N–H and O–H groups in total. The number of hydrogen-bond donors (Lipinski definition) is 0. The molecular formula is C10H13FN-. The summed E-state index contributed by atoms with van der Waals surface area (Å²) in [6, 6.07) is 4.88. The van der Waals surface area contributed by atoms with Crippen LogP contribution in [0.4, 0.5) is 4.39 Å². The van der Waals surface area contributed by atoms with Crippen molar-refractivity contribution in [2.75, 3.05) is 13.6 Å². The molecule has 0 aromatic heterocycles. The van der Waals surface area contributed by atoms with Gasteiger partial charge in [0, 0.05) is 0 Å². The molecule has 1 aromatic rings. The maximum absolute atomic E-state index is 12.7. The van der Waals surface area contributed by atoms with E-state index >= 15 is 0 Å².